The number of benzene rings is 2. The van der Waals surface area contributed by atoms with Crippen LogP contribution in [0.25, 0.3) is 0 Å². The van der Waals surface area contributed by atoms with Gasteiger partial charge in [-0.1, -0.05) is 0 Å². The molecule has 0 amide bonds. The second-order valence-corrected chi connectivity index (χ2v) is 4.93. The van der Waals surface area contributed by atoms with Crippen molar-refractivity contribution in [1.82, 2.24) is 0 Å². The van der Waals surface area contributed by atoms with E-state index < -0.39 is 11.9 Å². The quantitative estimate of drug-likeness (QED) is 0.449. The van der Waals surface area contributed by atoms with E-state index in [9.17, 15) is 9.59 Å². The molecule has 0 unspecified atom stereocenters. The molecular weight excluding hydrogens is 332 g/mol. The molecule has 26 heavy (non-hydrogen) atoms. The highest BCUT2D eigenvalue weighted by atomic mass is 16.6. The molecule has 0 saturated carbocycles. The molecule has 0 atom stereocenters. The van der Waals surface area contributed by atoms with Crippen molar-refractivity contribution in [1.29, 1.82) is 0 Å². The van der Waals surface area contributed by atoms with Gasteiger partial charge in [-0.2, -0.15) is 0 Å². The van der Waals surface area contributed by atoms with Crippen LogP contribution in [-0.2, 0) is 9.47 Å². The van der Waals surface area contributed by atoms with Crippen molar-refractivity contribution < 1.29 is 19.1 Å². The van der Waals surface area contributed by atoms with E-state index in [0.29, 0.717) is 11.1 Å². The third-order valence-corrected chi connectivity index (χ3v) is 3.37. The van der Waals surface area contributed by atoms with E-state index in [2.05, 4.69) is 23.8 Å². The van der Waals surface area contributed by atoms with Crippen molar-refractivity contribution in [3.05, 3.63) is 72.8 Å². The highest BCUT2D eigenvalue weighted by Crippen LogP contribution is 2.11. The molecule has 2 N–H and O–H groups in total. The highest BCUT2D eigenvalue weighted by Gasteiger charge is 2.09. The summed E-state index contributed by atoms with van der Waals surface area (Å²) in [6.07, 6.45) is 0. The van der Waals surface area contributed by atoms with Gasteiger partial charge in [0.2, 0.25) is 0 Å². The summed E-state index contributed by atoms with van der Waals surface area (Å²) < 4.78 is 10.2. The summed E-state index contributed by atoms with van der Waals surface area (Å²) in [6.45, 7) is 6.01. The molecule has 6 nitrogen and oxygen atoms in total. The van der Waals surface area contributed by atoms with Gasteiger partial charge >= 0.3 is 11.9 Å². The van der Waals surface area contributed by atoms with Crippen LogP contribution in [0.5, 0.6) is 0 Å². The van der Waals surface area contributed by atoms with E-state index in [1.54, 1.807) is 62.6 Å². The van der Waals surface area contributed by atoms with E-state index in [0.717, 1.165) is 11.4 Å². The van der Waals surface area contributed by atoms with E-state index in [4.69, 9.17) is 9.47 Å². The van der Waals surface area contributed by atoms with Crippen LogP contribution in [0.4, 0.5) is 11.4 Å². The minimum Gasteiger partial charge on any atom is -0.458 e. The number of rotatable bonds is 7. The number of esters is 2. The van der Waals surface area contributed by atoms with Crippen LogP contribution in [0.15, 0.2) is 61.7 Å². The lowest BCUT2D eigenvalue weighted by atomic mass is 10.2. The van der Waals surface area contributed by atoms with Gasteiger partial charge in [0.25, 0.3) is 0 Å². The highest BCUT2D eigenvalue weighted by molar-refractivity contribution is 5.90. The normalized spacial score (nSPS) is 9.31. The molecule has 0 heterocycles. The molecule has 2 aromatic rings. The van der Waals surface area contributed by atoms with E-state index >= 15 is 0 Å². The summed E-state index contributed by atoms with van der Waals surface area (Å²) in [7, 11) is 3.60. The average molecular weight is 356 g/mol. The molecule has 0 spiro atoms. The van der Waals surface area contributed by atoms with Gasteiger partial charge in [-0.3, -0.25) is 0 Å². The van der Waals surface area contributed by atoms with Gasteiger partial charge in [-0.15, -0.1) is 13.2 Å². The van der Waals surface area contributed by atoms with Gasteiger partial charge in [-0.05, 0) is 48.5 Å². The first-order chi connectivity index (χ1) is 12.6. The van der Waals surface area contributed by atoms with Crippen LogP contribution in [0.1, 0.15) is 20.7 Å². The Morgan fingerprint density at radius 3 is 1.31 bits per heavy atom. The Balaban J connectivity index is 0.00000163. The number of hydrogen-bond acceptors (Lipinski definition) is 6. The summed E-state index contributed by atoms with van der Waals surface area (Å²) in [5.74, 6) is -0.904. The number of anilines is 2. The molecule has 0 fully saturated rings. The fraction of sp³-hybridized carbons (Fsp3) is 0.200. The van der Waals surface area contributed by atoms with E-state index in [-0.39, 0.29) is 13.2 Å². The van der Waals surface area contributed by atoms with Crippen LogP contribution < -0.4 is 10.6 Å². The second kappa shape index (κ2) is 11.3. The number of ether oxygens (including phenoxy) is 2. The van der Waals surface area contributed by atoms with Crippen LogP contribution in [-0.4, -0.2) is 39.2 Å². The van der Waals surface area contributed by atoms with E-state index in [1.165, 1.54) is 0 Å². The number of carbonyl (C=O) groups is 2. The molecule has 6 heteroatoms. The molecular formula is C20H24N2O4. The van der Waals surface area contributed by atoms with Gasteiger partial charge in [0.1, 0.15) is 13.2 Å². The maximum atomic E-state index is 11.8. The minimum atomic E-state index is -0.452. The Morgan fingerprint density at radius 2 is 1.04 bits per heavy atom. The zero-order valence-electron chi connectivity index (χ0n) is 15.1. The smallest absolute Gasteiger partial charge is 0.338 e. The van der Waals surface area contributed by atoms with Crippen LogP contribution in [0.2, 0.25) is 0 Å². The van der Waals surface area contributed by atoms with Crippen LogP contribution >= 0.6 is 0 Å². The monoisotopic (exact) mass is 356 g/mol. The van der Waals surface area contributed by atoms with E-state index in [1.807, 2.05) is 0 Å². The summed E-state index contributed by atoms with van der Waals surface area (Å²) in [6, 6.07) is 13.8. The molecule has 0 aliphatic rings. The Hall–Kier alpha value is -3.28. The lowest BCUT2D eigenvalue weighted by Crippen LogP contribution is -2.14. The lowest BCUT2D eigenvalue weighted by Gasteiger charge is -2.07. The van der Waals surface area contributed by atoms with Crippen molar-refractivity contribution in [3.63, 3.8) is 0 Å². The maximum Gasteiger partial charge on any atom is 0.338 e. The molecule has 2 rings (SSSR count). The van der Waals surface area contributed by atoms with Crippen molar-refractivity contribution in [2.24, 2.45) is 0 Å². The molecule has 0 saturated heterocycles. The van der Waals surface area contributed by atoms with Gasteiger partial charge in [0.05, 0.1) is 11.1 Å². The van der Waals surface area contributed by atoms with Crippen LogP contribution in [0.3, 0.4) is 0 Å². The molecule has 0 aliphatic carbocycles. The van der Waals surface area contributed by atoms with Gasteiger partial charge in [0, 0.05) is 25.5 Å². The minimum absolute atomic E-state index is 0.00690. The Kier molecular flexibility index (Phi) is 9.03. The summed E-state index contributed by atoms with van der Waals surface area (Å²) in [4.78, 5) is 23.7. The largest absolute Gasteiger partial charge is 0.458 e. The van der Waals surface area contributed by atoms with Crippen molar-refractivity contribution in [2.75, 3.05) is 37.9 Å². The zero-order chi connectivity index (χ0) is 19.4. The second-order valence-electron chi connectivity index (χ2n) is 4.93. The first-order valence-electron chi connectivity index (χ1n) is 8.04. The maximum absolute atomic E-state index is 11.8. The van der Waals surface area contributed by atoms with Crippen molar-refractivity contribution >= 4 is 23.3 Å². The number of carbonyl (C=O) groups excluding carboxylic acids is 2. The standard InChI is InChI=1S/C18H20N2O4.C2H4/c1-19-15-7-3-13(4-8-15)17(21)23-11-12-24-18(22)14-5-9-16(20-2)10-6-14;1-2/h3-10,19-20H,11-12H2,1-2H3;1-2H2. The zero-order valence-corrected chi connectivity index (χ0v) is 15.1. The van der Waals surface area contributed by atoms with Crippen molar-refractivity contribution in [3.8, 4) is 0 Å². The van der Waals surface area contributed by atoms with Gasteiger partial charge in [-0.25, -0.2) is 9.59 Å². The fourth-order valence-corrected chi connectivity index (χ4v) is 1.98. The predicted octanol–water partition coefficient (Wildman–Crippen LogP) is 3.59. The lowest BCUT2D eigenvalue weighted by molar-refractivity contribution is 0.0265. The number of nitrogens with one attached hydrogen (secondary N) is 2. The Morgan fingerprint density at radius 1 is 0.731 bits per heavy atom. The molecule has 0 aromatic heterocycles. The molecule has 0 aliphatic heterocycles. The van der Waals surface area contributed by atoms with Gasteiger partial charge < -0.3 is 20.1 Å². The van der Waals surface area contributed by atoms with Gasteiger partial charge in [0.15, 0.2) is 0 Å². The topological polar surface area (TPSA) is 76.7 Å². The first kappa shape index (κ1) is 20.8. The number of hydrogen-bond donors (Lipinski definition) is 2. The summed E-state index contributed by atoms with van der Waals surface area (Å²) >= 11 is 0. The molecule has 2 aromatic carbocycles. The Labute approximate surface area is 153 Å². The van der Waals surface area contributed by atoms with Crippen molar-refractivity contribution in [2.45, 2.75) is 0 Å². The third-order valence-electron chi connectivity index (χ3n) is 3.37. The Bertz CT molecular complexity index is 635. The average Bonchev–Trinajstić information content (AvgIpc) is 2.72. The predicted molar refractivity (Wildman–Crippen MR) is 104 cm³/mol. The molecule has 0 radical (unpaired) electrons. The molecule has 138 valence electrons. The molecule has 0 bridgehead atoms. The van der Waals surface area contributed by atoms with Crippen LogP contribution in [0, 0.1) is 0 Å². The fourth-order valence-electron chi connectivity index (χ4n) is 1.98. The third kappa shape index (κ3) is 6.32. The first-order valence-corrected chi connectivity index (χ1v) is 8.04. The summed E-state index contributed by atoms with van der Waals surface area (Å²) in [5, 5.41) is 5.93. The summed E-state index contributed by atoms with van der Waals surface area (Å²) in [5.41, 5.74) is 2.71. The SMILES string of the molecule is C=C.CNc1ccc(C(=O)OCCOC(=O)c2ccc(NC)cc2)cc1.